The summed E-state index contributed by atoms with van der Waals surface area (Å²) in [6.07, 6.45) is 9.80. The van der Waals surface area contributed by atoms with Crippen molar-refractivity contribution in [2.75, 3.05) is 13.2 Å². The van der Waals surface area contributed by atoms with Gasteiger partial charge in [0.05, 0.1) is 18.1 Å². The fourth-order valence-electron chi connectivity index (χ4n) is 3.98. The number of amides is 1. The summed E-state index contributed by atoms with van der Waals surface area (Å²) in [6.45, 7) is 1.14. The van der Waals surface area contributed by atoms with Gasteiger partial charge in [0, 0.05) is 32.0 Å². The van der Waals surface area contributed by atoms with Gasteiger partial charge in [-0.1, -0.05) is 18.9 Å². The Kier molecular flexibility index (Phi) is 6.02. The van der Waals surface area contributed by atoms with Gasteiger partial charge in [-0.2, -0.15) is 0 Å². The fraction of sp³-hybridized carbons (Fsp3) is 0.632. The van der Waals surface area contributed by atoms with Crippen LogP contribution in [0.2, 0.25) is 0 Å². The van der Waals surface area contributed by atoms with Crippen molar-refractivity contribution in [2.24, 2.45) is 5.92 Å². The summed E-state index contributed by atoms with van der Waals surface area (Å²) < 4.78 is 5.88. The summed E-state index contributed by atoms with van der Waals surface area (Å²) in [6, 6.07) is 3.20. The highest BCUT2D eigenvalue weighted by Crippen LogP contribution is 2.36. The summed E-state index contributed by atoms with van der Waals surface area (Å²) >= 11 is 0. The van der Waals surface area contributed by atoms with E-state index in [0.29, 0.717) is 25.7 Å². The number of carboxylic acids is 1. The third-order valence-electron chi connectivity index (χ3n) is 5.25. The van der Waals surface area contributed by atoms with Crippen molar-refractivity contribution in [1.82, 2.24) is 9.88 Å². The van der Waals surface area contributed by atoms with Crippen LogP contribution in [0.15, 0.2) is 24.5 Å². The molecule has 0 spiro atoms. The van der Waals surface area contributed by atoms with Gasteiger partial charge >= 0.3 is 5.97 Å². The van der Waals surface area contributed by atoms with Crippen molar-refractivity contribution in [3.05, 3.63) is 30.1 Å². The van der Waals surface area contributed by atoms with Crippen LogP contribution < -0.4 is 0 Å². The van der Waals surface area contributed by atoms with Crippen LogP contribution in [-0.4, -0.2) is 46.1 Å². The molecule has 136 valence electrons. The Morgan fingerprint density at radius 2 is 2.12 bits per heavy atom. The van der Waals surface area contributed by atoms with E-state index in [1.807, 2.05) is 6.07 Å². The minimum absolute atomic E-state index is 0.0206. The average molecular weight is 346 g/mol. The quantitative estimate of drug-likeness (QED) is 0.768. The zero-order valence-electron chi connectivity index (χ0n) is 14.5. The molecule has 1 aromatic heterocycles. The molecule has 2 unspecified atom stereocenters. The molecule has 0 bridgehead atoms. The Labute approximate surface area is 148 Å². The first-order chi connectivity index (χ1) is 12.2. The van der Waals surface area contributed by atoms with Crippen molar-refractivity contribution in [3.8, 4) is 0 Å². The molecule has 0 aromatic carbocycles. The zero-order chi connectivity index (χ0) is 17.6. The zero-order valence-corrected chi connectivity index (χ0v) is 14.5. The van der Waals surface area contributed by atoms with Crippen LogP contribution in [0.25, 0.3) is 0 Å². The van der Waals surface area contributed by atoms with E-state index in [0.717, 1.165) is 24.8 Å². The lowest BCUT2D eigenvalue weighted by Gasteiger charge is -2.39. The molecular formula is C19H26N2O4. The van der Waals surface area contributed by atoms with Gasteiger partial charge in [0.25, 0.3) is 0 Å². The van der Waals surface area contributed by atoms with Crippen LogP contribution in [0.5, 0.6) is 0 Å². The number of hydrogen-bond acceptors (Lipinski definition) is 4. The maximum atomic E-state index is 12.5. The molecule has 1 aliphatic heterocycles. The Hall–Kier alpha value is -1.95. The highest BCUT2D eigenvalue weighted by atomic mass is 16.5. The van der Waals surface area contributed by atoms with Crippen LogP contribution in [0.1, 0.15) is 56.6 Å². The number of aliphatic carboxylic acids is 1. The Morgan fingerprint density at radius 3 is 2.80 bits per heavy atom. The molecule has 0 radical (unpaired) electrons. The molecule has 1 amide bonds. The predicted molar refractivity (Wildman–Crippen MR) is 91.9 cm³/mol. The van der Waals surface area contributed by atoms with Crippen LogP contribution in [0.4, 0.5) is 0 Å². The van der Waals surface area contributed by atoms with Gasteiger partial charge in [0.1, 0.15) is 0 Å². The molecule has 1 N–H and O–H groups in total. The molecule has 2 atom stereocenters. The molecule has 2 fully saturated rings. The second-order valence-electron chi connectivity index (χ2n) is 6.93. The predicted octanol–water partition coefficient (Wildman–Crippen LogP) is 2.80. The molecule has 6 heteroatoms. The Balaban J connectivity index is 1.66. The lowest BCUT2D eigenvalue weighted by Crippen LogP contribution is -2.46. The van der Waals surface area contributed by atoms with E-state index < -0.39 is 17.9 Å². The first kappa shape index (κ1) is 17.9. The van der Waals surface area contributed by atoms with Crippen molar-refractivity contribution in [2.45, 2.75) is 57.1 Å². The highest BCUT2D eigenvalue weighted by Gasteiger charge is 2.40. The number of likely N-dealkylation sites (tertiary alicyclic amines) is 1. The molecule has 1 aromatic rings. The smallest absolute Gasteiger partial charge is 0.308 e. The van der Waals surface area contributed by atoms with Gasteiger partial charge in [-0.3, -0.25) is 14.6 Å². The first-order valence-corrected chi connectivity index (χ1v) is 9.20. The molecule has 3 rings (SSSR count). The van der Waals surface area contributed by atoms with E-state index in [4.69, 9.17) is 4.74 Å². The van der Waals surface area contributed by atoms with Crippen molar-refractivity contribution in [3.63, 3.8) is 0 Å². The van der Waals surface area contributed by atoms with Crippen LogP contribution in [0.3, 0.4) is 0 Å². The lowest BCUT2D eigenvalue weighted by atomic mass is 9.85. The largest absolute Gasteiger partial charge is 0.481 e. The minimum atomic E-state index is -0.853. The minimum Gasteiger partial charge on any atom is -0.481 e. The van der Waals surface area contributed by atoms with Crippen LogP contribution >= 0.6 is 0 Å². The summed E-state index contributed by atoms with van der Waals surface area (Å²) in [5.74, 6) is -1.42. The third kappa shape index (κ3) is 4.37. The number of rotatable bonds is 7. The highest BCUT2D eigenvalue weighted by molar-refractivity contribution is 5.81. The van der Waals surface area contributed by atoms with Gasteiger partial charge in [0.2, 0.25) is 5.91 Å². The van der Waals surface area contributed by atoms with E-state index >= 15 is 0 Å². The van der Waals surface area contributed by atoms with E-state index in [1.54, 1.807) is 23.4 Å². The molecular weight excluding hydrogens is 320 g/mol. The topological polar surface area (TPSA) is 79.7 Å². The molecule has 1 aliphatic carbocycles. The number of aromatic nitrogens is 1. The van der Waals surface area contributed by atoms with Gasteiger partial charge in [0.15, 0.2) is 0 Å². The normalized spacial score (nSPS) is 24.6. The fourth-order valence-corrected chi connectivity index (χ4v) is 3.98. The van der Waals surface area contributed by atoms with Crippen molar-refractivity contribution in [1.29, 1.82) is 0 Å². The van der Waals surface area contributed by atoms with Gasteiger partial charge in [-0.05, 0) is 37.3 Å². The molecule has 1 saturated heterocycles. The first-order valence-electron chi connectivity index (χ1n) is 9.20. The standard InChI is InChI=1S/C19H26N2O4/c22-17-9-8-16(19(23)24)18(14-5-3-10-20-13-14)21(17)11-4-12-25-15-6-1-2-7-15/h3,5,10,13,15-16,18H,1-2,4,6-9,11-12H2,(H,23,24). The second kappa shape index (κ2) is 8.43. The monoisotopic (exact) mass is 346 g/mol. The number of carbonyl (C=O) groups is 2. The van der Waals surface area contributed by atoms with E-state index in [9.17, 15) is 14.7 Å². The van der Waals surface area contributed by atoms with Crippen LogP contribution in [-0.2, 0) is 14.3 Å². The summed E-state index contributed by atoms with van der Waals surface area (Å²) in [7, 11) is 0. The summed E-state index contributed by atoms with van der Waals surface area (Å²) in [5, 5.41) is 9.61. The maximum absolute atomic E-state index is 12.5. The number of hydrogen-bond donors (Lipinski definition) is 1. The molecule has 2 heterocycles. The molecule has 2 aliphatic rings. The number of ether oxygens (including phenoxy) is 1. The average Bonchev–Trinajstić information content (AvgIpc) is 3.13. The van der Waals surface area contributed by atoms with E-state index in [2.05, 4.69) is 4.98 Å². The summed E-state index contributed by atoms with van der Waals surface area (Å²) in [4.78, 5) is 30.0. The van der Waals surface area contributed by atoms with Crippen LogP contribution in [0, 0.1) is 5.92 Å². The SMILES string of the molecule is O=C(O)C1CCC(=O)N(CCCOC2CCCC2)C1c1cccnc1. The van der Waals surface area contributed by atoms with E-state index in [-0.39, 0.29) is 12.3 Å². The van der Waals surface area contributed by atoms with Crippen molar-refractivity contribution < 1.29 is 19.4 Å². The summed E-state index contributed by atoms with van der Waals surface area (Å²) in [5.41, 5.74) is 0.791. The van der Waals surface area contributed by atoms with Crippen molar-refractivity contribution >= 4 is 11.9 Å². The molecule has 1 saturated carbocycles. The number of carbonyl (C=O) groups excluding carboxylic acids is 1. The van der Waals surface area contributed by atoms with E-state index in [1.165, 1.54) is 12.8 Å². The number of piperidine rings is 1. The second-order valence-corrected chi connectivity index (χ2v) is 6.93. The maximum Gasteiger partial charge on any atom is 0.308 e. The lowest BCUT2D eigenvalue weighted by molar-refractivity contribution is -0.152. The van der Waals surface area contributed by atoms with Gasteiger partial charge < -0.3 is 14.7 Å². The third-order valence-corrected chi connectivity index (χ3v) is 5.25. The number of pyridine rings is 1. The Bertz CT molecular complexity index is 586. The molecule has 6 nitrogen and oxygen atoms in total. The Morgan fingerprint density at radius 1 is 1.32 bits per heavy atom. The number of carboxylic acid groups (broad SMARTS) is 1. The van der Waals surface area contributed by atoms with Gasteiger partial charge in [-0.25, -0.2) is 0 Å². The van der Waals surface area contributed by atoms with Gasteiger partial charge in [-0.15, -0.1) is 0 Å². The molecule has 25 heavy (non-hydrogen) atoms. The number of nitrogens with zero attached hydrogens (tertiary/aromatic N) is 2.